The van der Waals surface area contributed by atoms with Gasteiger partial charge in [-0.1, -0.05) is 16.8 Å². The van der Waals surface area contributed by atoms with Gasteiger partial charge < -0.3 is 34.6 Å². The van der Waals surface area contributed by atoms with Crippen molar-refractivity contribution < 1.29 is 23.9 Å². The first-order valence-electron chi connectivity index (χ1n) is 13.5. The van der Waals surface area contributed by atoms with Crippen LogP contribution in [0.4, 0.5) is 10.6 Å². The zero-order valence-corrected chi connectivity index (χ0v) is 24.3. The number of anilines is 1. The van der Waals surface area contributed by atoms with Crippen molar-refractivity contribution in [3.8, 4) is 28.4 Å². The molecular formula is C28H37ClN6O5. The van der Waals surface area contributed by atoms with Crippen LogP contribution in [0.15, 0.2) is 22.7 Å². The minimum atomic E-state index is -0.656. The number of nitrogens with zero attached hydrogens (tertiary/aromatic N) is 4. The number of nitrogens with one attached hydrogen (secondary N) is 2. The molecule has 0 spiro atoms. The van der Waals surface area contributed by atoms with Crippen LogP contribution >= 0.6 is 11.6 Å². The van der Waals surface area contributed by atoms with Gasteiger partial charge in [0.05, 0.1) is 28.6 Å². The van der Waals surface area contributed by atoms with Crippen molar-refractivity contribution in [2.75, 3.05) is 45.2 Å². The number of benzene rings is 1. The number of rotatable bonds is 10. The summed E-state index contributed by atoms with van der Waals surface area (Å²) in [6.07, 6.45) is 0.559. The second-order valence-corrected chi connectivity index (χ2v) is 10.2. The van der Waals surface area contributed by atoms with Gasteiger partial charge >= 0.3 is 6.09 Å². The number of carbonyl (C=O) groups is 1. The van der Waals surface area contributed by atoms with Gasteiger partial charge in [0.2, 0.25) is 0 Å². The van der Waals surface area contributed by atoms with Crippen LogP contribution in [0.3, 0.4) is 0 Å². The van der Waals surface area contributed by atoms with Crippen LogP contribution in [0.5, 0.6) is 5.75 Å². The summed E-state index contributed by atoms with van der Waals surface area (Å²) in [7, 11) is 1.77. The molecule has 1 saturated heterocycles. The van der Waals surface area contributed by atoms with Crippen molar-refractivity contribution >= 4 is 23.5 Å². The molecule has 4 rings (SSSR count). The van der Waals surface area contributed by atoms with Gasteiger partial charge in [-0.3, -0.25) is 0 Å². The number of halogens is 1. The number of amides is 1. The fraction of sp³-hybridized carbons (Fsp3) is 0.500. The van der Waals surface area contributed by atoms with E-state index in [1.165, 1.54) is 0 Å². The van der Waals surface area contributed by atoms with Crippen LogP contribution in [0.25, 0.3) is 22.6 Å². The van der Waals surface area contributed by atoms with Crippen LogP contribution in [0.2, 0.25) is 5.02 Å². The molecule has 0 saturated carbocycles. The molecule has 1 aliphatic rings. The summed E-state index contributed by atoms with van der Waals surface area (Å²) in [5.74, 6) is 2.28. The summed E-state index contributed by atoms with van der Waals surface area (Å²) in [4.78, 5) is 23.7. The van der Waals surface area contributed by atoms with Crippen LogP contribution in [0.1, 0.15) is 36.8 Å². The Hall–Kier alpha value is -3.41. The quantitative estimate of drug-likeness (QED) is 0.321. The Morgan fingerprint density at radius 1 is 1.25 bits per heavy atom. The Bertz CT molecular complexity index is 1310. The van der Waals surface area contributed by atoms with Crippen LogP contribution in [0, 0.1) is 20.8 Å². The van der Waals surface area contributed by atoms with Gasteiger partial charge in [-0.15, -0.1) is 0 Å². The molecule has 1 atom stereocenters. The summed E-state index contributed by atoms with van der Waals surface area (Å²) >= 11 is 6.64. The summed E-state index contributed by atoms with van der Waals surface area (Å²) in [6.45, 7) is 9.58. The van der Waals surface area contributed by atoms with E-state index in [0.717, 1.165) is 29.7 Å². The summed E-state index contributed by atoms with van der Waals surface area (Å²) in [5, 5.41) is 21.1. The molecule has 2 aromatic heterocycles. The average Bonchev–Trinajstić information content (AvgIpc) is 3.27. The van der Waals surface area contributed by atoms with Crippen LogP contribution < -0.4 is 15.4 Å². The highest BCUT2D eigenvalue weighted by Crippen LogP contribution is 2.36. The molecule has 0 unspecified atom stereocenters. The molecule has 1 aliphatic heterocycles. The first-order chi connectivity index (χ1) is 19.2. The topological polar surface area (TPSA) is 135 Å². The monoisotopic (exact) mass is 572 g/mol. The average molecular weight is 573 g/mol. The van der Waals surface area contributed by atoms with E-state index in [1.807, 2.05) is 20.8 Å². The van der Waals surface area contributed by atoms with E-state index in [0.29, 0.717) is 65.7 Å². The maximum absolute atomic E-state index is 12.1. The normalized spacial score (nSPS) is 14.7. The highest BCUT2D eigenvalue weighted by Gasteiger charge is 2.26. The van der Waals surface area contributed by atoms with E-state index in [4.69, 9.17) is 35.6 Å². The van der Waals surface area contributed by atoms with Crippen molar-refractivity contribution in [1.82, 2.24) is 25.3 Å². The predicted octanol–water partition coefficient (Wildman–Crippen LogP) is 4.37. The standard InChI is InChI=1S/C28H37ClN6O5/c1-6-38-28(37)35-11-9-19(10-12-35)31-26-16(2)25(24-17(3)34-40-18(24)4)32-27(33-26)22-13-21(7-8-23(22)29)39-15-20(36)14-30-5/h7-8,13,19-20,30,36H,6,9-12,14-15H2,1-5H3,(H,31,32,33)/t20-/m1/s1. The highest BCUT2D eigenvalue weighted by atomic mass is 35.5. The van der Waals surface area contributed by atoms with E-state index < -0.39 is 6.10 Å². The summed E-state index contributed by atoms with van der Waals surface area (Å²) < 4.78 is 16.4. The minimum Gasteiger partial charge on any atom is -0.491 e. The number of aromatic nitrogens is 3. The number of likely N-dealkylation sites (N-methyl/N-ethyl adjacent to an activating group) is 1. The third-order valence-electron chi connectivity index (χ3n) is 6.84. The molecule has 0 radical (unpaired) electrons. The van der Waals surface area contributed by atoms with Crippen molar-refractivity contribution in [1.29, 1.82) is 0 Å². The molecule has 0 aliphatic carbocycles. The molecule has 11 nitrogen and oxygen atoms in total. The first-order valence-corrected chi connectivity index (χ1v) is 13.8. The van der Waals surface area contributed by atoms with E-state index >= 15 is 0 Å². The molecule has 1 amide bonds. The van der Waals surface area contributed by atoms with Gasteiger partial charge in [0, 0.05) is 36.8 Å². The van der Waals surface area contributed by atoms with Crippen molar-refractivity contribution in [2.24, 2.45) is 0 Å². The van der Waals surface area contributed by atoms with E-state index in [2.05, 4.69) is 15.8 Å². The minimum absolute atomic E-state index is 0.100. The van der Waals surface area contributed by atoms with Gasteiger partial charge in [-0.05, 0) is 65.8 Å². The zero-order chi connectivity index (χ0) is 28.8. The Labute approximate surface area is 239 Å². The number of likely N-dealkylation sites (tertiary alicyclic amines) is 1. The summed E-state index contributed by atoms with van der Waals surface area (Å²) in [5.41, 5.74) is 3.67. The number of hydrogen-bond donors (Lipinski definition) is 3. The Morgan fingerprint density at radius 3 is 2.65 bits per heavy atom. The summed E-state index contributed by atoms with van der Waals surface area (Å²) in [6, 6.07) is 5.35. The Morgan fingerprint density at radius 2 is 2.00 bits per heavy atom. The van der Waals surface area contributed by atoms with Gasteiger partial charge in [0.25, 0.3) is 0 Å². The molecule has 40 heavy (non-hydrogen) atoms. The number of ether oxygens (including phenoxy) is 2. The lowest BCUT2D eigenvalue weighted by molar-refractivity contribution is 0.0983. The van der Waals surface area contributed by atoms with Crippen molar-refractivity contribution in [2.45, 2.75) is 52.7 Å². The second kappa shape index (κ2) is 13.3. The second-order valence-electron chi connectivity index (χ2n) is 9.84. The number of piperidine rings is 1. The van der Waals surface area contributed by atoms with Gasteiger partial charge in [-0.25, -0.2) is 14.8 Å². The molecular weight excluding hydrogens is 536 g/mol. The molecule has 1 aromatic carbocycles. The van der Waals surface area contributed by atoms with E-state index in [9.17, 15) is 9.90 Å². The fourth-order valence-electron chi connectivity index (χ4n) is 4.71. The molecule has 3 heterocycles. The smallest absolute Gasteiger partial charge is 0.409 e. The fourth-order valence-corrected chi connectivity index (χ4v) is 4.91. The van der Waals surface area contributed by atoms with Gasteiger partial charge in [0.15, 0.2) is 5.82 Å². The first kappa shape index (κ1) is 29.6. The predicted molar refractivity (Wildman–Crippen MR) is 153 cm³/mol. The highest BCUT2D eigenvalue weighted by molar-refractivity contribution is 6.33. The lowest BCUT2D eigenvalue weighted by Crippen LogP contribution is -2.42. The van der Waals surface area contributed by atoms with E-state index in [1.54, 1.807) is 37.1 Å². The van der Waals surface area contributed by atoms with E-state index in [-0.39, 0.29) is 18.7 Å². The third-order valence-corrected chi connectivity index (χ3v) is 7.17. The van der Waals surface area contributed by atoms with Gasteiger partial charge in [0.1, 0.15) is 30.0 Å². The molecule has 0 bridgehead atoms. The van der Waals surface area contributed by atoms with Crippen LogP contribution in [-0.2, 0) is 4.74 Å². The Balaban J connectivity index is 1.67. The molecule has 3 aromatic rings. The van der Waals surface area contributed by atoms with Crippen molar-refractivity contribution in [3.63, 3.8) is 0 Å². The molecule has 3 N–H and O–H groups in total. The van der Waals surface area contributed by atoms with Crippen molar-refractivity contribution in [3.05, 3.63) is 40.2 Å². The maximum atomic E-state index is 12.1. The lowest BCUT2D eigenvalue weighted by atomic mass is 10.0. The largest absolute Gasteiger partial charge is 0.491 e. The molecule has 12 heteroatoms. The number of hydrogen-bond acceptors (Lipinski definition) is 10. The van der Waals surface area contributed by atoms with Crippen LogP contribution in [-0.4, -0.2) is 83.3 Å². The molecule has 1 fully saturated rings. The third kappa shape index (κ3) is 6.83. The molecule has 216 valence electrons. The maximum Gasteiger partial charge on any atom is 0.409 e. The lowest BCUT2D eigenvalue weighted by Gasteiger charge is -2.32. The van der Waals surface area contributed by atoms with Gasteiger partial charge in [-0.2, -0.15) is 0 Å². The number of carbonyl (C=O) groups excluding carboxylic acids is 1. The zero-order valence-electron chi connectivity index (χ0n) is 23.6. The number of aryl methyl sites for hydroxylation is 2. The Kier molecular flexibility index (Phi) is 9.83. The SMILES string of the molecule is CCOC(=O)N1CCC(Nc2nc(-c3cc(OC[C@H](O)CNC)ccc3Cl)nc(-c3c(C)noc3C)c2C)CC1. The number of aliphatic hydroxyl groups is 1. The number of aliphatic hydroxyl groups excluding tert-OH is 1.